The van der Waals surface area contributed by atoms with E-state index in [1.54, 1.807) is 0 Å². The van der Waals surface area contributed by atoms with Crippen LogP contribution in [-0.4, -0.2) is 65.4 Å². The molecule has 1 saturated heterocycles. The van der Waals surface area contributed by atoms with Crippen molar-refractivity contribution >= 4 is 5.78 Å². The van der Waals surface area contributed by atoms with E-state index in [0.29, 0.717) is 50.1 Å². The van der Waals surface area contributed by atoms with Crippen LogP contribution in [0.25, 0.3) is 11.1 Å². The molecule has 0 amide bonds. The number of nitrogens with zero attached hydrogens (tertiary/aromatic N) is 1. The lowest BCUT2D eigenvalue weighted by Crippen LogP contribution is -2.54. The molecule has 1 heterocycles. The van der Waals surface area contributed by atoms with Crippen LogP contribution >= 0.6 is 0 Å². The molecule has 0 radical (unpaired) electrons. The lowest BCUT2D eigenvalue weighted by Gasteiger charge is -2.46. The van der Waals surface area contributed by atoms with Crippen molar-refractivity contribution in [2.45, 2.75) is 76.4 Å². The van der Waals surface area contributed by atoms with Crippen molar-refractivity contribution < 1.29 is 19.7 Å². The Labute approximate surface area is 262 Å². The Morgan fingerprint density at radius 3 is 2.50 bits per heavy atom. The van der Waals surface area contributed by atoms with Gasteiger partial charge in [-0.3, -0.25) is 9.69 Å². The largest absolute Gasteiger partial charge is 0.393 e. The van der Waals surface area contributed by atoms with Crippen LogP contribution in [0.4, 0.5) is 0 Å². The number of hydrogen-bond acceptors (Lipinski definition) is 5. The number of morpholine rings is 1. The first-order valence-corrected chi connectivity index (χ1v) is 16.5. The molecule has 1 aliphatic heterocycles. The van der Waals surface area contributed by atoms with Crippen molar-refractivity contribution in [2.75, 3.05) is 32.8 Å². The fourth-order valence-electron chi connectivity index (χ4n) is 8.02. The fraction of sp³-hybridized carbons (Fsp3) is 0.462. The molecule has 7 rings (SSSR count). The van der Waals surface area contributed by atoms with Gasteiger partial charge in [-0.25, -0.2) is 0 Å². The highest BCUT2D eigenvalue weighted by Crippen LogP contribution is 2.59. The minimum absolute atomic E-state index is 0.00426. The van der Waals surface area contributed by atoms with Gasteiger partial charge in [0, 0.05) is 36.2 Å². The molecular formula is C39H47NO4. The van der Waals surface area contributed by atoms with Crippen molar-refractivity contribution in [1.29, 1.82) is 0 Å². The SMILES string of the molecule is CC1=CCC[C@@]2(C)[C@@H](CC[C@@]2(O)CN2CCOCC2)c2ccc(cc2C(=O)c2ccccc2-c2ccccc2)C[C@@H](O)CC1. The summed E-state index contributed by atoms with van der Waals surface area (Å²) in [4.78, 5) is 17.1. The fourth-order valence-corrected chi connectivity index (χ4v) is 8.02. The summed E-state index contributed by atoms with van der Waals surface area (Å²) in [5.74, 6) is 0.0246. The van der Waals surface area contributed by atoms with Crippen LogP contribution in [0.1, 0.15) is 85.3 Å². The standard InChI is InChI=1S/C39H47NO4/c1-28-9-8-19-38(2)36(18-20-39(38,43)27-40-21-23-44-24-22-40)33-17-15-29(25-31(41)16-14-28)26-35(33)37(42)34-13-7-6-12-32(34)30-10-4-3-5-11-30/h3-7,9-13,15,17,26,31,36,41,43H,8,14,16,18-25,27H2,1-2H3/t31-,36-,38-,39+/m0/s1. The molecule has 44 heavy (non-hydrogen) atoms. The average molecular weight is 594 g/mol. The molecule has 3 aliphatic carbocycles. The second-order valence-corrected chi connectivity index (χ2v) is 13.6. The van der Waals surface area contributed by atoms with Crippen LogP contribution in [0.3, 0.4) is 0 Å². The van der Waals surface area contributed by atoms with E-state index >= 15 is 0 Å². The van der Waals surface area contributed by atoms with Gasteiger partial charge in [-0.1, -0.05) is 85.3 Å². The maximum atomic E-state index is 14.7. The van der Waals surface area contributed by atoms with Crippen LogP contribution in [0.5, 0.6) is 0 Å². The maximum Gasteiger partial charge on any atom is 0.193 e. The summed E-state index contributed by atoms with van der Waals surface area (Å²) in [5.41, 5.74) is 5.29. The number of carbonyl (C=O) groups is 1. The number of allylic oxidation sites excluding steroid dienone is 2. The summed E-state index contributed by atoms with van der Waals surface area (Å²) < 4.78 is 5.62. The van der Waals surface area contributed by atoms with E-state index in [1.807, 2.05) is 60.7 Å². The van der Waals surface area contributed by atoms with Crippen molar-refractivity contribution in [1.82, 2.24) is 4.90 Å². The van der Waals surface area contributed by atoms with Crippen molar-refractivity contribution in [3.8, 4) is 11.1 Å². The maximum absolute atomic E-state index is 14.7. The van der Waals surface area contributed by atoms with E-state index in [-0.39, 0.29) is 11.7 Å². The number of β-amino-alcohol motifs (C(OH)–C–C–N with tert-alkyl or cyclic N) is 1. The smallest absolute Gasteiger partial charge is 0.193 e. The topological polar surface area (TPSA) is 70.0 Å². The minimum atomic E-state index is -0.884. The summed E-state index contributed by atoms with van der Waals surface area (Å²) in [7, 11) is 0. The van der Waals surface area contributed by atoms with Crippen LogP contribution in [0.2, 0.25) is 0 Å². The molecule has 0 spiro atoms. The molecule has 5 nitrogen and oxygen atoms in total. The van der Waals surface area contributed by atoms with Crippen LogP contribution in [0, 0.1) is 5.41 Å². The van der Waals surface area contributed by atoms with E-state index < -0.39 is 17.1 Å². The Morgan fingerprint density at radius 1 is 0.955 bits per heavy atom. The van der Waals surface area contributed by atoms with Gasteiger partial charge in [-0.05, 0) is 86.1 Å². The lowest BCUT2D eigenvalue weighted by atomic mass is 9.64. The first-order chi connectivity index (χ1) is 21.3. The number of hydrogen-bond donors (Lipinski definition) is 2. The van der Waals surface area contributed by atoms with Gasteiger partial charge in [-0.15, -0.1) is 0 Å². The number of benzene rings is 3. The third-order valence-electron chi connectivity index (χ3n) is 10.8. The number of rotatable bonds is 5. The molecule has 3 aromatic rings. The number of ketones is 1. The van der Waals surface area contributed by atoms with Gasteiger partial charge in [0.1, 0.15) is 0 Å². The Hall–Kier alpha value is -3.09. The molecule has 0 unspecified atom stereocenters. The quantitative estimate of drug-likeness (QED) is 0.247. The van der Waals surface area contributed by atoms with E-state index in [0.717, 1.165) is 61.0 Å². The van der Waals surface area contributed by atoms with Crippen LogP contribution in [0.15, 0.2) is 84.4 Å². The van der Waals surface area contributed by atoms with Crippen molar-refractivity contribution in [2.24, 2.45) is 5.41 Å². The molecule has 4 atom stereocenters. The van der Waals surface area contributed by atoms with Crippen LogP contribution < -0.4 is 0 Å². The first-order valence-electron chi connectivity index (χ1n) is 16.5. The zero-order valence-corrected chi connectivity index (χ0v) is 26.3. The molecule has 2 N–H and O–H groups in total. The highest BCUT2D eigenvalue weighted by molar-refractivity contribution is 6.13. The number of ether oxygens (including phenoxy) is 1. The molecule has 232 valence electrons. The summed E-state index contributed by atoms with van der Waals surface area (Å²) >= 11 is 0. The van der Waals surface area contributed by atoms with Gasteiger partial charge in [0.2, 0.25) is 0 Å². The van der Waals surface area contributed by atoms with E-state index in [2.05, 4.69) is 37.0 Å². The summed E-state index contributed by atoms with van der Waals surface area (Å²) in [5, 5.41) is 23.5. The molecule has 1 saturated carbocycles. The van der Waals surface area contributed by atoms with Gasteiger partial charge in [0.25, 0.3) is 0 Å². The highest BCUT2D eigenvalue weighted by Gasteiger charge is 2.57. The number of fused-ring (bicyclic) bond motifs is 8. The van der Waals surface area contributed by atoms with E-state index in [1.165, 1.54) is 5.57 Å². The summed E-state index contributed by atoms with van der Waals surface area (Å²) in [6, 6.07) is 24.3. The molecule has 4 aliphatic rings. The highest BCUT2D eigenvalue weighted by atomic mass is 16.5. The Kier molecular flexibility index (Phi) is 9.21. The number of carbonyl (C=O) groups excluding carboxylic acids is 1. The normalized spacial score (nSPS) is 28.2. The van der Waals surface area contributed by atoms with Gasteiger partial charge in [-0.2, -0.15) is 0 Å². The monoisotopic (exact) mass is 593 g/mol. The zero-order chi connectivity index (χ0) is 30.7. The Morgan fingerprint density at radius 2 is 1.70 bits per heavy atom. The second-order valence-electron chi connectivity index (χ2n) is 13.6. The zero-order valence-electron chi connectivity index (χ0n) is 26.3. The molecular weight excluding hydrogens is 546 g/mol. The van der Waals surface area contributed by atoms with Gasteiger partial charge >= 0.3 is 0 Å². The van der Waals surface area contributed by atoms with Crippen molar-refractivity contribution in [3.63, 3.8) is 0 Å². The predicted molar refractivity (Wildman–Crippen MR) is 176 cm³/mol. The third kappa shape index (κ3) is 6.21. The summed E-state index contributed by atoms with van der Waals surface area (Å²) in [6.07, 6.45) is 7.08. The molecule has 5 heteroatoms. The lowest BCUT2D eigenvalue weighted by molar-refractivity contribution is -0.0959. The number of aliphatic hydroxyl groups excluding tert-OH is 1. The summed E-state index contributed by atoms with van der Waals surface area (Å²) in [6.45, 7) is 8.11. The first kappa shape index (κ1) is 30.9. The van der Waals surface area contributed by atoms with E-state index in [4.69, 9.17) is 4.74 Å². The van der Waals surface area contributed by atoms with Crippen LogP contribution in [-0.2, 0) is 11.2 Å². The van der Waals surface area contributed by atoms with Crippen molar-refractivity contribution in [3.05, 3.63) is 107 Å². The third-order valence-corrected chi connectivity index (χ3v) is 10.8. The van der Waals surface area contributed by atoms with Gasteiger partial charge in [0.05, 0.1) is 24.9 Å². The molecule has 2 bridgehead atoms. The predicted octanol–water partition coefficient (Wildman–Crippen LogP) is 6.96. The Balaban J connectivity index is 1.46. The molecule has 3 aromatic carbocycles. The molecule has 2 fully saturated rings. The minimum Gasteiger partial charge on any atom is -0.393 e. The average Bonchev–Trinajstić information content (AvgIpc) is 3.29. The number of aliphatic hydroxyl groups is 2. The van der Waals surface area contributed by atoms with Gasteiger partial charge in [0.15, 0.2) is 5.78 Å². The Bertz CT molecular complexity index is 1490. The van der Waals surface area contributed by atoms with E-state index in [9.17, 15) is 15.0 Å². The molecule has 0 aromatic heterocycles. The van der Waals surface area contributed by atoms with Gasteiger partial charge < -0.3 is 14.9 Å². The second kappa shape index (κ2) is 13.1.